The van der Waals surface area contributed by atoms with Crippen molar-refractivity contribution in [2.45, 2.75) is 59.5 Å². The lowest BCUT2D eigenvalue weighted by molar-refractivity contribution is -0.168. The van der Waals surface area contributed by atoms with E-state index in [1.165, 1.54) is 5.56 Å². The quantitative estimate of drug-likeness (QED) is 0.252. The van der Waals surface area contributed by atoms with Gasteiger partial charge in [-0.3, -0.25) is 9.59 Å². The molecule has 0 bridgehead atoms. The van der Waals surface area contributed by atoms with Crippen LogP contribution < -0.4 is 0 Å². The van der Waals surface area contributed by atoms with E-state index in [-0.39, 0.29) is 18.4 Å². The third kappa shape index (κ3) is 5.99. The molecule has 0 spiro atoms. The molecule has 2 rings (SSSR count). The highest BCUT2D eigenvalue weighted by atomic mass is 16.6. The normalized spacial score (nSPS) is 20.2. The standard InChI is InChI=1S/C23H34N4O3/c1-17(2)15-23(19(16-25-26-24)20(28)30-22(3,4)5)12-14-27(21(23)29)13-11-18-9-7-6-8-10-18/h6-10,17,19H,11-16H2,1-5H3. The molecular formula is C23H34N4O3. The van der Waals surface area contributed by atoms with Crippen LogP contribution in [0.2, 0.25) is 0 Å². The van der Waals surface area contributed by atoms with E-state index in [0.29, 0.717) is 25.9 Å². The number of amides is 1. The Balaban J connectivity index is 2.30. The highest BCUT2D eigenvalue weighted by Crippen LogP contribution is 2.45. The molecule has 30 heavy (non-hydrogen) atoms. The van der Waals surface area contributed by atoms with Crippen molar-refractivity contribution in [1.82, 2.24) is 4.90 Å². The third-order valence-electron chi connectivity index (χ3n) is 5.51. The Morgan fingerprint density at radius 3 is 2.53 bits per heavy atom. The molecule has 1 heterocycles. The van der Waals surface area contributed by atoms with Crippen molar-refractivity contribution in [2.24, 2.45) is 22.4 Å². The van der Waals surface area contributed by atoms with Gasteiger partial charge in [-0.15, -0.1) is 0 Å². The Bertz CT molecular complexity index is 781. The SMILES string of the molecule is CC(C)CC1(C(CN=[N+]=[N-])C(=O)OC(C)(C)C)CCN(CCc2ccccc2)C1=O. The molecule has 1 aliphatic heterocycles. The number of benzene rings is 1. The number of hydrogen-bond donors (Lipinski definition) is 0. The van der Waals surface area contributed by atoms with Gasteiger partial charge in [0.1, 0.15) is 5.60 Å². The molecule has 1 fully saturated rings. The van der Waals surface area contributed by atoms with Gasteiger partial charge in [0.2, 0.25) is 5.91 Å². The van der Waals surface area contributed by atoms with Crippen LogP contribution in [0.15, 0.2) is 35.4 Å². The fourth-order valence-corrected chi connectivity index (χ4v) is 4.33. The van der Waals surface area contributed by atoms with Crippen molar-refractivity contribution in [3.8, 4) is 0 Å². The van der Waals surface area contributed by atoms with Crippen molar-refractivity contribution in [1.29, 1.82) is 0 Å². The Morgan fingerprint density at radius 1 is 1.30 bits per heavy atom. The maximum absolute atomic E-state index is 13.6. The zero-order valence-corrected chi connectivity index (χ0v) is 18.8. The number of azide groups is 1. The van der Waals surface area contributed by atoms with Gasteiger partial charge in [-0.1, -0.05) is 49.3 Å². The first-order valence-electron chi connectivity index (χ1n) is 10.7. The van der Waals surface area contributed by atoms with Crippen molar-refractivity contribution in [3.63, 3.8) is 0 Å². The first-order chi connectivity index (χ1) is 14.1. The van der Waals surface area contributed by atoms with Crippen LogP contribution in [0.5, 0.6) is 0 Å². The lowest BCUT2D eigenvalue weighted by Crippen LogP contribution is -2.47. The predicted molar refractivity (Wildman–Crippen MR) is 117 cm³/mol. The Morgan fingerprint density at radius 2 is 1.97 bits per heavy atom. The predicted octanol–water partition coefficient (Wildman–Crippen LogP) is 4.76. The molecule has 0 N–H and O–H groups in total. The number of nitrogens with zero attached hydrogens (tertiary/aromatic N) is 4. The summed E-state index contributed by atoms with van der Waals surface area (Å²) in [5.41, 5.74) is 8.47. The molecule has 0 saturated carbocycles. The van der Waals surface area contributed by atoms with E-state index in [1.807, 2.05) is 49.1 Å². The Kier molecular flexibility index (Phi) is 7.90. The first-order valence-corrected chi connectivity index (χ1v) is 10.7. The van der Waals surface area contributed by atoms with Gasteiger partial charge in [0.25, 0.3) is 0 Å². The summed E-state index contributed by atoms with van der Waals surface area (Å²) in [6.45, 7) is 10.6. The minimum absolute atomic E-state index is 0.0314. The van der Waals surface area contributed by atoms with Crippen molar-refractivity contribution in [3.05, 3.63) is 46.3 Å². The second-order valence-corrected chi connectivity index (χ2v) is 9.53. The second-order valence-electron chi connectivity index (χ2n) is 9.53. The summed E-state index contributed by atoms with van der Waals surface area (Å²) in [7, 11) is 0. The molecule has 0 radical (unpaired) electrons. The Labute approximate surface area is 179 Å². The summed E-state index contributed by atoms with van der Waals surface area (Å²) in [5.74, 6) is -1.08. The number of hydrogen-bond acceptors (Lipinski definition) is 4. The van der Waals surface area contributed by atoms with Gasteiger partial charge >= 0.3 is 5.97 Å². The van der Waals surface area contributed by atoms with Crippen molar-refractivity contribution < 1.29 is 14.3 Å². The number of carbonyl (C=O) groups is 2. The lowest BCUT2D eigenvalue weighted by atomic mass is 9.68. The summed E-state index contributed by atoms with van der Waals surface area (Å²) >= 11 is 0. The van der Waals surface area contributed by atoms with Crippen LogP contribution in [0.1, 0.15) is 53.0 Å². The van der Waals surface area contributed by atoms with E-state index < -0.39 is 22.9 Å². The van der Waals surface area contributed by atoms with Gasteiger partial charge in [0.15, 0.2) is 0 Å². The van der Waals surface area contributed by atoms with Crippen LogP contribution in [0.4, 0.5) is 0 Å². The smallest absolute Gasteiger partial charge is 0.310 e. The van der Waals surface area contributed by atoms with Crippen LogP contribution in [0.25, 0.3) is 10.4 Å². The molecule has 1 saturated heterocycles. The van der Waals surface area contributed by atoms with E-state index >= 15 is 0 Å². The average molecular weight is 415 g/mol. The van der Waals surface area contributed by atoms with Gasteiger partial charge in [-0.2, -0.15) is 0 Å². The number of esters is 1. The number of rotatable bonds is 9. The Hall–Kier alpha value is -2.53. The van der Waals surface area contributed by atoms with E-state index in [4.69, 9.17) is 10.3 Å². The van der Waals surface area contributed by atoms with E-state index in [1.54, 1.807) is 20.8 Å². The molecular weight excluding hydrogens is 380 g/mol. The minimum Gasteiger partial charge on any atom is -0.460 e. The maximum Gasteiger partial charge on any atom is 0.310 e. The number of carbonyl (C=O) groups excluding carboxylic acids is 2. The molecule has 0 aliphatic carbocycles. The number of ether oxygens (including phenoxy) is 1. The highest BCUT2D eigenvalue weighted by molar-refractivity contribution is 5.91. The van der Waals surface area contributed by atoms with E-state index in [9.17, 15) is 9.59 Å². The van der Waals surface area contributed by atoms with Gasteiger partial charge in [0, 0.05) is 24.5 Å². The molecule has 164 valence electrons. The van der Waals surface area contributed by atoms with Gasteiger partial charge in [0.05, 0.1) is 11.3 Å². The van der Waals surface area contributed by atoms with Gasteiger partial charge in [-0.25, -0.2) is 0 Å². The topological polar surface area (TPSA) is 95.4 Å². The first kappa shape index (κ1) is 23.7. The molecule has 0 aromatic heterocycles. The second kappa shape index (κ2) is 9.98. The lowest BCUT2D eigenvalue weighted by Gasteiger charge is -2.36. The van der Waals surface area contributed by atoms with E-state index in [0.717, 1.165) is 6.42 Å². The molecule has 2 atom stereocenters. The van der Waals surface area contributed by atoms with Gasteiger partial charge < -0.3 is 9.64 Å². The molecule has 1 aliphatic rings. The summed E-state index contributed by atoms with van der Waals surface area (Å²) < 4.78 is 5.64. The monoisotopic (exact) mass is 414 g/mol. The minimum atomic E-state index is -0.901. The zero-order valence-electron chi connectivity index (χ0n) is 18.8. The van der Waals surface area contributed by atoms with E-state index in [2.05, 4.69) is 10.0 Å². The molecule has 1 aromatic rings. The molecule has 7 nitrogen and oxygen atoms in total. The maximum atomic E-state index is 13.6. The van der Waals surface area contributed by atoms with Crippen LogP contribution >= 0.6 is 0 Å². The van der Waals surface area contributed by atoms with Crippen LogP contribution in [-0.4, -0.2) is 42.0 Å². The molecule has 1 amide bonds. The summed E-state index contributed by atoms with van der Waals surface area (Å²) in [6, 6.07) is 10.0. The summed E-state index contributed by atoms with van der Waals surface area (Å²) in [6.07, 6.45) is 1.87. The fraction of sp³-hybridized carbons (Fsp3) is 0.652. The summed E-state index contributed by atoms with van der Waals surface area (Å²) in [4.78, 5) is 31.4. The highest BCUT2D eigenvalue weighted by Gasteiger charge is 2.55. The zero-order chi connectivity index (χ0) is 22.4. The van der Waals surface area contributed by atoms with Crippen molar-refractivity contribution >= 4 is 11.9 Å². The number of likely N-dealkylation sites (tertiary alicyclic amines) is 1. The van der Waals surface area contributed by atoms with Crippen LogP contribution in [0.3, 0.4) is 0 Å². The fourth-order valence-electron chi connectivity index (χ4n) is 4.33. The molecule has 1 aromatic carbocycles. The van der Waals surface area contributed by atoms with Crippen LogP contribution in [0, 0.1) is 17.3 Å². The van der Waals surface area contributed by atoms with Gasteiger partial charge in [-0.05, 0) is 57.0 Å². The third-order valence-corrected chi connectivity index (χ3v) is 5.51. The van der Waals surface area contributed by atoms with Crippen LogP contribution in [-0.2, 0) is 20.7 Å². The average Bonchev–Trinajstić information content (AvgIpc) is 2.95. The largest absolute Gasteiger partial charge is 0.460 e. The van der Waals surface area contributed by atoms with Crippen molar-refractivity contribution in [2.75, 3.05) is 19.6 Å². The summed E-state index contributed by atoms with van der Waals surface area (Å²) in [5, 5.41) is 3.68. The molecule has 7 heteroatoms. The molecule has 2 unspecified atom stereocenters.